The molecule has 1 aliphatic carbocycles. The molecule has 1 aromatic rings. The van der Waals surface area contributed by atoms with Crippen molar-refractivity contribution >= 4 is 39.6 Å². The van der Waals surface area contributed by atoms with Crippen molar-refractivity contribution in [2.24, 2.45) is 0 Å². The van der Waals surface area contributed by atoms with Crippen molar-refractivity contribution in [2.75, 3.05) is 18.5 Å². The van der Waals surface area contributed by atoms with Gasteiger partial charge in [0.2, 0.25) is 0 Å². The summed E-state index contributed by atoms with van der Waals surface area (Å²) in [5.41, 5.74) is 1.86. The smallest absolute Gasteiger partial charge is 0.341 e. The van der Waals surface area contributed by atoms with Crippen LogP contribution in [0.2, 0.25) is 0 Å². The van der Waals surface area contributed by atoms with Gasteiger partial charge in [0.1, 0.15) is 5.00 Å². The fraction of sp³-hybridized carbons (Fsp3) is 0.647. The number of thiocarbonyl (C=S) groups is 1. The number of unbranched alkanes of at least 4 members (excludes halogenated alkanes) is 2. The molecular weight excluding hydrogens is 328 g/mol. The lowest BCUT2D eigenvalue weighted by atomic mass is 9.95. The van der Waals surface area contributed by atoms with E-state index in [4.69, 9.17) is 17.0 Å². The van der Waals surface area contributed by atoms with Crippen molar-refractivity contribution < 1.29 is 9.53 Å². The van der Waals surface area contributed by atoms with Crippen molar-refractivity contribution in [3.63, 3.8) is 0 Å². The van der Waals surface area contributed by atoms with E-state index in [1.54, 1.807) is 11.3 Å². The van der Waals surface area contributed by atoms with Crippen LogP contribution in [0.4, 0.5) is 5.00 Å². The Balaban J connectivity index is 2.09. The molecule has 0 saturated heterocycles. The maximum absolute atomic E-state index is 12.4. The van der Waals surface area contributed by atoms with E-state index in [0.717, 1.165) is 42.8 Å². The van der Waals surface area contributed by atoms with Gasteiger partial charge in [0.25, 0.3) is 0 Å². The van der Waals surface area contributed by atoms with Crippen LogP contribution in [0.3, 0.4) is 0 Å². The van der Waals surface area contributed by atoms with Gasteiger partial charge in [-0.15, -0.1) is 11.3 Å². The fourth-order valence-corrected chi connectivity index (χ4v) is 4.35. The highest BCUT2D eigenvalue weighted by Crippen LogP contribution is 2.38. The van der Waals surface area contributed by atoms with Crippen molar-refractivity contribution in [1.82, 2.24) is 5.32 Å². The number of hydrogen-bond donors (Lipinski definition) is 2. The summed E-state index contributed by atoms with van der Waals surface area (Å²) in [4.78, 5) is 13.7. The van der Waals surface area contributed by atoms with Gasteiger partial charge in [-0.3, -0.25) is 0 Å². The zero-order chi connectivity index (χ0) is 16.7. The maximum Gasteiger partial charge on any atom is 0.341 e. The molecule has 0 spiro atoms. The van der Waals surface area contributed by atoms with Crippen LogP contribution in [0.15, 0.2) is 0 Å². The molecule has 0 atom stereocenters. The summed E-state index contributed by atoms with van der Waals surface area (Å²) in [5.74, 6) is -0.233. The summed E-state index contributed by atoms with van der Waals surface area (Å²) in [6.07, 6.45) is 7.81. The van der Waals surface area contributed by atoms with Gasteiger partial charge < -0.3 is 15.4 Å². The topological polar surface area (TPSA) is 50.4 Å². The van der Waals surface area contributed by atoms with E-state index in [1.807, 2.05) is 6.92 Å². The minimum Gasteiger partial charge on any atom is -0.462 e. The highest BCUT2D eigenvalue weighted by molar-refractivity contribution is 7.80. The number of ether oxygens (including phenoxy) is 1. The lowest BCUT2D eigenvalue weighted by Gasteiger charge is -2.13. The number of esters is 1. The second kappa shape index (κ2) is 9.23. The van der Waals surface area contributed by atoms with E-state index in [9.17, 15) is 4.79 Å². The van der Waals surface area contributed by atoms with E-state index < -0.39 is 0 Å². The number of carbonyl (C=O) groups is 1. The number of carbonyl (C=O) groups excluding carboxylic acids is 1. The molecule has 6 heteroatoms. The number of rotatable bonds is 7. The van der Waals surface area contributed by atoms with Gasteiger partial charge in [0.05, 0.1) is 12.2 Å². The molecule has 2 N–H and O–H groups in total. The highest BCUT2D eigenvalue weighted by atomic mass is 32.1. The number of nitrogens with one attached hydrogen (secondary N) is 2. The van der Waals surface area contributed by atoms with E-state index in [1.165, 1.54) is 24.1 Å². The van der Waals surface area contributed by atoms with Gasteiger partial charge in [-0.2, -0.15) is 0 Å². The van der Waals surface area contributed by atoms with E-state index in [2.05, 4.69) is 17.6 Å². The predicted octanol–water partition coefficient (Wildman–Crippen LogP) is 4.28. The summed E-state index contributed by atoms with van der Waals surface area (Å²) < 4.78 is 5.25. The summed E-state index contributed by atoms with van der Waals surface area (Å²) in [7, 11) is 0. The number of anilines is 1. The molecule has 128 valence electrons. The van der Waals surface area contributed by atoms with Crippen LogP contribution in [0.1, 0.15) is 66.8 Å². The average molecular weight is 355 g/mol. The third-order valence-corrected chi connectivity index (χ3v) is 5.40. The quantitative estimate of drug-likeness (QED) is 0.435. The third kappa shape index (κ3) is 4.91. The van der Waals surface area contributed by atoms with Gasteiger partial charge in [0, 0.05) is 11.4 Å². The minimum atomic E-state index is -0.233. The number of aryl methyl sites for hydroxylation is 1. The second-order valence-corrected chi connectivity index (χ2v) is 7.24. The molecule has 0 saturated carbocycles. The Morgan fingerprint density at radius 1 is 1.26 bits per heavy atom. The SMILES string of the molecule is CCCCCNC(=S)Nc1sc2c(c1C(=O)OCC)CCCC2. The lowest BCUT2D eigenvalue weighted by molar-refractivity contribution is 0.0526. The molecule has 23 heavy (non-hydrogen) atoms. The monoisotopic (exact) mass is 354 g/mol. The van der Waals surface area contributed by atoms with E-state index in [-0.39, 0.29) is 5.97 Å². The van der Waals surface area contributed by atoms with Gasteiger partial charge >= 0.3 is 5.97 Å². The lowest BCUT2D eigenvalue weighted by Crippen LogP contribution is -2.29. The first-order valence-electron chi connectivity index (χ1n) is 8.53. The Morgan fingerprint density at radius 2 is 2.04 bits per heavy atom. The molecule has 0 bridgehead atoms. The van der Waals surface area contributed by atoms with Crippen LogP contribution < -0.4 is 10.6 Å². The predicted molar refractivity (Wildman–Crippen MR) is 101 cm³/mol. The van der Waals surface area contributed by atoms with Crippen molar-refractivity contribution in [3.05, 3.63) is 16.0 Å². The van der Waals surface area contributed by atoms with Crippen LogP contribution in [-0.4, -0.2) is 24.2 Å². The minimum absolute atomic E-state index is 0.233. The summed E-state index contributed by atoms with van der Waals surface area (Å²) in [5, 5.41) is 7.87. The number of hydrogen-bond acceptors (Lipinski definition) is 4. The Morgan fingerprint density at radius 3 is 2.78 bits per heavy atom. The van der Waals surface area contributed by atoms with Crippen molar-refractivity contribution in [3.8, 4) is 0 Å². The Bertz CT molecular complexity index is 555. The zero-order valence-electron chi connectivity index (χ0n) is 14.0. The van der Waals surface area contributed by atoms with Crippen molar-refractivity contribution in [2.45, 2.75) is 58.8 Å². The first kappa shape index (κ1) is 18.2. The van der Waals surface area contributed by atoms with Crippen LogP contribution in [0.25, 0.3) is 0 Å². The van der Waals surface area contributed by atoms with E-state index >= 15 is 0 Å². The Hall–Kier alpha value is -1.14. The molecule has 1 aliphatic rings. The van der Waals surface area contributed by atoms with Crippen LogP contribution in [0, 0.1) is 0 Å². The molecular formula is C17H26N2O2S2. The second-order valence-electron chi connectivity index (χ2n) is 5.72. The van der Waals surface area contributed by atoms with Crippen LogP contribution in [0.5, 0.6) is 0 Å². The van der Waals surface area contributed by atoms with Gasteiger partial charge in [-0.1, -0.05) is 19.8 Å². The molecule has 1 heterocycles. The molecule has 1 aromatic heterocycles. The molecule has 0 amide bonds. The zero-order valence-corrected chi connectivity index (χ0v) is 15.6. The summed E-state index contributed by atoms with van der Waals surface area (Å²) >= 11 is 7.02. The normalized spacial score (nSPS) is 13.3. The number of fused-ring (bicyclic) bond motifs is 1. The first-order chi connectivity index (χ1) is 11.2. The van der Waals surface area contributed by atoms with E-state index in [0.29, 0.717) is 17.3 Å². The molecule has 4 nitrogen and oxygen atoms in total. The Kier molecular flexibility index (Phi) is 7.30. The summed E-state index contributed by atoms with van der Waals surface area (Å²) in [6, 6.07) is 0. The molecule has 0 unspecified atom stereocenters. The molecule has 0 aliphatic heterocycles. The largest absolute Gasteiger partial charge is 0.462 e. The van der Waals surface area contributed by atoms with Gasteiger partial charge in [-0.25, -0.2) is 4.79 Å². The molecule has 0 radical (unpaired) electrons. The van der Waals surface area contributed by atoms with Crippen molar-refractivity contribution in [1.29, 1.82) is 0 Å². The molecule has 0 aromatic carbocycles. The average Bonchev–Trinajstić information content (AvgIpc) is 2.89. The number of thiophene rings is 1. The first-order valence-corrected chi connectivity index (χ1v) is 9.76. The molecule has 0 fully saturated rings. The van der Waals surface area contributed by atoms with Crippen LogP contribution >= 0.6 is 23.6 Å². The van der Waals surface area contributed by atoms with Crippen LogP contribution in [-0.2, 0) is 17.6 Å². The summed E-state index contributed by atoms with van der Waals surface area (Å²) in [6.45, 7) is 5.27. The Labute approximate surface area is 148 Å². The highest BCUT2D eigenvalue weighted by Gasteiger charge is 2.26. The fourth-order valence-electron chi connectivity index (χ4n) is 2.80. The molecule has 2 rings (SSSR count). The van der Waals surface area contributed by atoms with Gasteiger partial charge in [0.15, 0.2) is 5.11 Å². The van der Waals surface area contributed by atoms with Gasteiger partial charge in [-0.05, 0) is 56.8 Å². The standard InChI is InChI=1S/C17H26N2O2S2/c1-3-5-8-11-18-17(22)19-15-14(16(20)21-4-2)12-9-6-7-10-13(12)23-15/h3-11H2,1-2H3,(H2,18,19,22). The third-order valence-electron chi connectivity index (χ3n) is 3.94. The maximum atomic E-state index is 12.4.